The molecule has 0 radical (unpaired) electrons. The molecule has 1 heterocycles. The zero-order valence-electron chi connectivity index (χ0n) is 9.63. The molecule has 0 atom stereocenters. The number of hydrogen-bond acceptors (Lipinski definition) is 3. The van der Waals surface area contributed by atoms with Gasteiger partial charge in [0.05, 0.1) is 17.1 Å². The normalized spacial score (nSPS) is 15.2. The zero-order chi connectivity index (χ0) is 14.0. The number of aliphatic carboxylic acids is 2. The Bertz CT molecular complexity index is 576. The van der Waals surface area contributed by atoms with E-state index >= 15 is 0 Å². The van der Waals surface area contributed by atoms with E-state index in [0.29, 0.717) is 10.6 Å². The average Bonchev–Trinajstić information content (AvgIpc) is 2.37. The molecular formula is C13H10ClNO4. The number of benzene rings is 1. The summed E-state index contributed by atoms with van der Waals surface area (Å²) in [7, 11) is 0. The van der Waals surface area contributed by atoms with Crippen LogP contribution in [0.25, 0.3) is 0 Å². The fraction of sp³-hybridized carbons (Fsp3) is 0.0769. The van der Waals surface area contributed by atoms with Crippen molar-refractivity contribution in [2.24, 2.45) is 0 Å². The van der Waals surface area contributed by atoms with E-state index in [-0.39, 0.29) is 11.1 Å². The van der Waals surface area contributed by atoms with Crippen LogP contribution in [0.15, 0.2) is 47.8 Å². The van der Waals surface area contributed by atoms with Gasteiger partial charge in [0.2, 0.25) is 0 Å². The Morgan fingerprint density at radius 3 is 2.16 bits per heavy atom. The second-order valence-electron chi connectivity index (χ2n) is 3.96. The molecule has 0 saturated carbocycles. The van der Waals surface area contributed by atoms with E-state index in [0.717, 1.165) is 0 Å². The van der Waals surface area contributed by atoms with Gasteiger partial charge in [-0.3, -0.25) is 0 Å². The van der Waals surface area contributed by atoms with Gasteiger partial charge >= 0.3 is 11.9 Å². The summed E-state index contributed by atoms with van der Waals surface area (Å²) in [6.07, 6.45) is 2.56. The Kier molecular flexibility index (Phi) is 3.57. The van der Waals surface area contributed by atoms with E-state index in [1.807, 2.05) is 0 Å². The highest BCUT2D eigenvalue weighted by molar-refractivity contribution is 6.30. The van der Waals surface area contributed by atoms with Crippen molar-refractivity contribution in [3.05, 3.63) is 58.4 Å². The summed E-state index contributed by atoms with van der Waals surface area (Å²) in [5.74, 6) is -3.20. The van der Waals surface area contributed by atoms with Crippen molar-refractivity contribution in [1.82, 2.24) is 5.32 Å². The van der Waals surface area contributed by atoms with Crippen LogP contribution in [0.3, 0.4) is 0 Å². The standard InChI is InChI=1S/C13H10ClNO4/c14-8-3-1-2-7(4-8)11-9(12(16)17)5-15-6-10(11)13(18)19/h1-6,11,15H,(H,16,17)(H,18,19). The molecule has 0 amide bonds. The lowest BCUT2D eigenvalue weighted by molar-refractivity contribution is -0.133. The van der Waals surface area contributed by atoms with Crippen LogP contribution in [0.1, 0.15) is 11.5 Å². The highest BCUT2D eigenvalue weighted by atomic mass is 35.5. The maximum Gasteiger partial charge on any atom is 0.334 e. The van der Waals surface area contributed by atoms with Crippen LogP contribution in [0, 0.1) is 0 Å². The number of rotatable bonds is 3. The highest BCUT2D eigenvalue weighted by Gasteiger charge is 2.32. The summed E-state index contributed by atoms with van der Waals surface area (Å²) in [6, 6.07) is 6.50. The Labute approximate surface area is 113 Å². The maximum absolute atomic E-state index is 11.2. The van der Waals surface area contributed by atoms with Gasteiger partial charge in [-0.25, -0.2) is 9.59 Å². The molecule has 1 aliphatic heterocycles. The smallest absolute Gasteiger partial charge is 0.334 e. The highest BCUT2D eigenvalue weighted by Crippen LogP contribution is 2.34. The molecule has 0 spiro atoms. The summed E-state index contributed by atoms with van der Waals surface area (Å²) in [4.78, 5) is 22.5. The lowest BCUT2D eigenvalue weighted by atomic mass is 9.84. The number of carboxylic acid groups (broad SMARTS) is 2. The van der Waals surface area contributed by atoms with Crippen LogP contribution in [0.2, 0.25) is 5.02 Å². The monoisotopic (exact) mass is 279 g/mol. The van der Waals surface area contributed by atoms with Crippen molar-refractivity contribution in [2.75, 3.05) is 0 Å². The topological polar surface area (TPSA) is 86.6 Å². The van der Waals surface area contributed by atoms with Crippen molar-refractivity contribution in [1.29, 1.82) is 0 Å². The Balaban J connectivity index is 2.54. The molecule has 1 aromatic carbocycles. The van der Waals surface area contributed by atoms with Gasteiger partial charge in [-0.1, -0.05) is 23.7 Å². The molecule has 0 unspecified atom stereocenters. The number of carboxylic acids is 2. The number of carbonyl (C=O) groups is 2. The first-order valence-corrected chi connectivity index (χ1v) is 5.76. The third-order valence-corrected chi connectivity index (χ3v) is 3.01. The van der Waals surface area contributed by atoms with E-state index in [4.69, 9.17) is 11.6 Å². The molecule has 98 valence electrons. The van der Waals surface area contributed by atoms with Crippen molar-refractivity contribution < 1.29 is 19.8 Å². The molecule has 3 N–H and O–H groups in total. The SMILES string of the molecule is O=C(O)C1=CNC=C(C(=O)O)C1c1cccc(Cl)c1. The molecule has 19 heavy (non-hydrogen) atoms. The van der Waals surface area contributed by atoms with Gasteiger partial charge < -0.3 is 15.5 Å². The van der Waals surface area contributed by atoms with Gasteiger partial charge in [0, 0.05) is 17.4 Å². The largest absolute Gasteiger partial charge is 0.478 e. The van der Waals surface area contributed by atoms with E-state index in [9.17, 15) is 19.8 Å². The Morgan fingerprint density at radius 1 is 1.11 bits per heavy atom. The van der Waals surface area contributed by atoms with Crippen LogP contribution in [0.5, 0.6) is 0 Å². The summed E-state index contributed by atoms with van der Waals surface area (Å²) in [6.45, 7) is 0. The van der Waals surface area contributed by atoms with E-state index in [1.165, 1.54) is 12.4 Å². The molecule has 1 aromatic rings. The molecule has 6 heteroatoms. The van der Waals surface area contributed by atoms with Gasteiger partial charge in [0.25, 0.3) is 0 Å². The Hall–Kier alpha value is -2.27. The second-order valence-corrected chi connectivity index (χ2v) is 4.40. The molecule has 1 aliphatic rings. The van der Waals surface area contributed by atoms with Crippen molar-refractivity contribution >= 4 is 23.5 Å². The number of halogens is 1. The second kappa shape index (κ2) is 5.16. The van der Waals surface area contributed by atoms with E-state index in [2.05, 4.69) is 5.32 Å². The van der Waals surface area contributed by atoms with Crippen LogP contribution < -0.4 is 5.32 Å². The van der Waals surface area contributed by atoms with Crippen molar-refractivity contribution in [3.63, 3.8) is 0 Å². The summed E-state index contributed by atoms with van der Waals surface area (Å²) in [5, 5.41) is 21.3. The van der Waals surface area contributed by atoms with E-state index in [1.54, 1.807) is 24.3 Å². The molecular weight excluding hydrogens is 270 g/mol. The third kappa shape index (κ3) is 2.61. The first kappa shape index (κ1) is 13.2. The molecule has 0 bridgehead atoms. The van der Waals surface area contributed by atoms with Gasteiger partial charge in [0.15, 0.2) is 0 Å². The quantitative estimate of drug-likeness (QED) is 0.787. The van der Waals surface area contributed by atoms with Crippen molar-refractivity contribution in [3.8, 4) is 0 Å². The molecule has 0 aromatic heterocycles. The van der Waals surface area contributed by atoms with Gasteiger partial charge in [-0.15, -0.1) is 0 Å². The van der Waals surface area contributed by atoms with Gasteiger partial charge in [0.1, 0.15) is 0 Å². The molecule has 0 aliphatic carbocycles. The molecule has 0 fully saturated rings. The predicted molar refractivity (Wildman–Crippen MR) is 68.8 cm³/mol. The minimum absolute atomic E-state index is 0.0397. The van der Waals surface area contributed by atoms with Crippen LogP contribution in [-0.4, -0.2) is 22.2 Å². The number of dihydropyridines is 1. The zero-order valence-corrected chi connectivity index (χ0v) is 10.4. The summed E-state index contributed by atoms with van der Waals surface area (Å²) in [5.41, 5.74) is 0.445. The molecule has 5 nitrogen and oxygen atoms in total. The fourth-order valence-electron chi connectivity index (χ4n) is 1.97. The lowest BCUT2D eigenvalue weighted by Crippen LogP contribution is -2.24. The first-order valence-electron chi connectivity index (χ1n) is 5.39. The summed E-state index contributed by atoms with van der Waals surface area (Å²) < 4.78 is 0. The first-order chi connectivity index (χ1) is 9.00. The molecule has 2 rings (SSSR count). The average molecular weight is 280 g/mol. The Morgan fingerprint density at radius 2 is 1.68 bits per heavy atom. The maximum atomic E-state index is 11.2. The number of hydrogen-bond donors (Lipinski definition) is 3. The minimum atomic E-state index is -1.18. The third-order valence-electron chi connectivity index (χ3n) is 2.78. The lowest BCUT2D eigenvalue weighted by Gasteiger charge is -2.22. The molecule has 0 saturated heterocycles. The predicted octanol–water partition coefficient (Wildman–Crippen LogP) is 1.96. The van der Waals surface area contributed by atoms with E-state index < -0.39 is 17.9 Å². The van der Waals surface area contributed by atoms with Gasteiger partial charge in [-0.2, -0.15) is 0 Å². The number of nitrogens with one attached hydrogen (secondary N) is 1. The fourth-order valence-corrected chi connectivity index (χ4v) is 2.17. The van der Waals surface area contributed by atoms with Crippen LogP contribution in [-0.2, 0) is 9.59 Å². The van der Waals surface area contributed by atoms with Crippen molar-refractivity contribution in [2.45, 2.75) is 5.92 Å². The minimum Gasteiger partial charge on any atom is -0.478 e. The van der Waals surface area contributed by atoms with Crippen LogP contribution >= 0.6 is 11.6 Å². The van der Waals surface area contributed by atoms with Gasteiger partial charge in [-0.05, 0) is 17.7 Å². The van der Waals surface area contributed by atoms with Crippen LogP contribution in [0.4, 0.5) is 0 Å². The summed E-state index contributed by atoms with van der Waals surface area (Å²) >= 11 is 5.87.